The van der Waals surface area contributed by atoms with Crippen molar-refractivity contribution in [3.63, 3.8) is 0 Å². The normalized spacial score (nSPS) is 14.1. The van der Waals surface area contributed by atoms with Crippen LogP contribution in [0, 0.1) is 12.8 Å². The minimum Gasteiger partial charge on any atom is -0.437 e. The molecule has 10 heteroatoms. The number of hydrogen-bond acceptors (Lipinski definition) is 6. The predicted molar refractivity (Wildman–Crippen MR) is 162 cm³/mol. The molecule has 8 nitrogen and oxygen atoms in total. The maximum Gasteiger partial charge on any atom is 0.272 e. The molecule has 0 spiro atoms. The molecule has 0 bridgehead atoms. The third kappa shape index (κ3) is 9.53. The number of nitrogens with one attached hydrogen (secondary N) is 1. The Bertz CT molecular complexity index is 1370. The van der Waals surface area contributed by atoms with Gasteiger partial charge in [-0.3, -0.25) is 14.8 Å². The van der Waals surface area contributed by atoms with Gasteiger partial charge in [-0.05, 0) is 96.3 Å². The Balaban J connectivity index is 0.000000487. The SMILES string of the molecule is C=O.CCC=C1CCC1.Cc1c(C(=O)NCc2ccc(CC3CC3)cn2)nn(C(C)(C)C)c1Oc1cnccc1C(F)F. The molecule has 5 rings (SSSR count). The summed E-state index contributed by atoms with van der Waals surface area (Å²) in [6.07, 6.45) is 13.1. The average Bonchev–Trinajstić information content (AvgIpc) is 3.72. The Kier molecular flexibility index (Phi) is 12.1. The van der Waals surface area contributed by atoms with Crippen molar-refractivity contribution in [2.75, 3.05) is 0 Å². The van der Waals surface area contributed by atoms with Crippen LogP contribution >= 0.6 is 0 Å². The second-order valence-electron chi connectivity index (χ2n) is 11.8. The summed E-state index contributed by atoms with van der Waals surface area (Å²) in [5, 5.41) is 7.32. The summed E-state index contributed by atoms with van der Waals surface area (Å²) in [6, 6.07) is 5.18. The molecule has 232 valence electrons. The molecule has 2 saturated carbocycles. The number of amides is 1. The van der Waals surface area contributed by atoms with Gasteiger partial charge in [-0.25, -0.2) is 13.5 Å². The van der Waals surface area contributed by atoms with Gasteiger partial charge in [0.25, 0.3) is 12.3 Å². The number of aromatic nitrogens is 4. The molecular weight excluding hydrogens is 552 g/mol. The summed E-state index contributed by atoms with van der Waals surface area (Å²) in [4.78, 5) is 29.3. The number of allylic oxidation sites excluding steroid dienone is 2. The molecule has 2 aliphatic carbocycles. The topological polar surface area (TPSA) is 99.0 Å². The van der Waals surface area contributed by atoms with Crippen molar-refractivity contribution in [1.82, 2.24) is 25.1 Å². The van der Waals surface area contributed by atoms with E-state index >= 15 is 0 Å². The molecule has 1 amide bonds. The van der Waals surface area contributed by atoms with Crippen LogP contribution in [-0.4, -0.2) is 32.4 Å². The summed E-state index contributed by atoms with van der Waals surface area (Å²) in [5.74, 6) is 0.533. The van der Waals surface area contributed by atoms with E-state index in [0.29, 0.717) is 5.56 Å². The van der Waals surface area contributed by atoms with Crippen LogP contribution in [0.25, 0.3) is 0 Å². The zero-order chi connectivity index (χ0) is 31.6. The molecule has 0 atom stereocenters. The van der Waals surface area contributed by atoms with Gasteiger partial charge in [-0.15, -0.1) is 0 Å². The van der Waals surface area contributed by atoms with E-state index < -0.39 is 17.9 Å². The van der Waals surface area contributed by atoms with Gasteiger partial charge in [0.05, 0.1) is 29.5 Å². The first-order valence-electron chi connectivity index (χ1n) is 14.8. The first-order chi connectivity index (χ1) is 20.6. The molecule has 0 aromatic carbocycles. The Hall–Kier alpha value is -3.95. The minimum absolute atomic E-state index is 0.0755. The van der Waals surface area contributed by atoms with E-state index in [0.717, 1.165) is 18.0 Å². The molecule has 3 aromatic heterocycles. The average molecular weight is 596 g/mol. The highest BCUT2D eigenvalue weighted by Crippen LogP contribution is 2.36. The number of pyridine rings is 2. The fourth-order valence-electron chi connectivity index (χ4n) is 4.50. The maximum atomic E-state index is 13.5. The number of hydrogen-bond donors (Lipinski definition) is 1. The number of alkyl halides is 2. The molecule has 2 aliphatic rings. The van der Waals surface area contributed by atoms with Crippen molar-refractivity contribution in [3.05, 3.63) is 76.5 Å². The highest BCUT2D eigenvalue weighted by molar-refractivity contribution is 5.94. The van der Waals surface area contributed by atoms with Gasteiger partial charge in [-0.2, -0.15) is 5.10 Å². The molecule has 1 N–H and O–H groups in total. The summed E-state index contributed by atoms with van der Waals surface area (Å²) >= 11 is 0. The van der Waals surface area contributed by atoms with E-state index in [1.54, 1.807) is 12.5 Å². The van der Waals surface area contributed by atoms with Crippen LogP contribution in [0.4, 0.5) is 8.78 Å². The second-order valence-corrected chi connectivity index (χ2v) is 11.8. The smallest absolute Gasteiger partial charge is 0.272 e. The van der Waals surface area contributed by atoms with E-state index in [1.807, 2.05) is 45.9 Å². The van der Waals surface area contributed by atoms with Crippen molar-refractivity contribution in [1.29, 1.82) is 0 Å². The fraction of sp³-hybridized carbons (Fsp3) is 0.485. The lowest BCUT2D eigenvalue weighted by atomic mass is 9.92. The lowest BCUT2D eigenvalue weighted by Crippen LogP contribution is -2.27. The van der Waals surface area contributed by atoms with E-state index in [4.69, 9.17) is 9.53 Å². The van der Waals surface area contributed by atoms with Gasteiger partial charge in [0, 0.05) is 18.0 Å². The molecule has 3 aromatic rings. The molecule has 0 radical (unpaired) electrons. The predicted octanol–water partition coefficient (Wildman–Crippen LogP) is 7.67. The highest BCUT2D eigenvalue weighted by Gasteiger charge is 2.29. The van der Waals surface area contributed by atoms with E-state index in [2.05, 4.69) is 33.4 Å². The number of carbonyl (C=O) groups is 2. The van der Waals surface area contributed by atoms with E-state index in [1.165, 1.54) is 67.2 Å². The van der Waals surface area contributed by atoms with Gasteiger partial charge in [0.15, 0.2) is 11.4 Å². The van der Waals surface area contributed by atoms with Crippen LogP contribution < -0.4 is 10.1 Å². The van der Waals surface area contributed by atoms with E-state index in [9.17, 15) is 13.6 Å². The van der Waals surface area contributed by atoms with Gasteiger partial charge < -0.3 is 14.8 Å². The van der Waals surface area contributed by atoms with Gasteiger partial charge in [0.1, 0.15) is 6.79 Å². The first-order valence-corrected chi connectivity index (χ1v) is 14.8. The Morgan fingerprint density at radius 2 is 1.91 bits per heavy atom. The monoisotopic (exact) mass is 595 g/mol. The largest absolute Gasteiger partial charge is 0.437 e. The van der Waals surface area contributed by atoms with Crippen LogP contribution in [0.2, 0.25) is 0 Å². The lowest BCUT2D eigenvalue weighted by Gasteiger charge is -2.22. The summed E-state index contributed by atoms with van der Waals surface area (Å²) in [5.41, 5.74) is 3.40. The molecular formula is C33H43F2N5O3. The van der Waals surface area contributed by atoms with Crippen molar-refractivity contribution < 1.29 is 23.1 Å². The quantitative estimate of drug-likeness (QED) is 0.255. The van der Waals surface area contributed by atoms with Crippen molar-refractivity contribution >= 4 is 12.7 Å². The minimum atomic E-state index is -2.73. The van der Waals surface area contributed by atoms with Gasteiger partial charge in [-0.1, -0.05) is 24.6 Å². The summed E-state index contributed by atoms with van der Waals surface area (Å²) in [7, 11) is 0. The third-order valence-corrected chi connectivity index (χ3v) is 7.20. The molecule has 43 heavy (non-hydrogen) atoms. The lowest BCUT2D eigenvalue weighted by molar-refractivity contribution is -0.0980. The van der Waals surface area contributed by atoms with Gasteiger partial charge in [0.2, 0.25) is 5.88 Å². The molecule has 0 unspecified atom stereocenters. The Labute approximate surface area is 253 Å². The van der Waals surface area contributed by atoms with Crippen LogP contribution in [0.3, 0.4) is 0 Å². The zero-order valence-corrected chi connectivity index (χ0v) is 25.8. The molecule has 0 aliphatic heterocycles. The Morgan fingerprint density at radius 1 is 1.19 bits per heavy atom. The van der Waals surface area contributed by atoms with Crippen LogP contribution in [0.1, 0.15) is 106 Å². The third-order valence-electron chi connectivity index (χ3n) is 7.20. The van der Waals surface area contributed by atoms with Crippen LogP contribution in [0.15, 0.2) is 48.4 Å². The first kappa shape index (κ1) is 33.6. The number of carbonyl (C=O) groups excluding carboxylic acids is 2. The standard InChI is InChI=1S/C25H29F2N5O2.C7H12.CH2O/c1-15-21(23(33)30-13-18-8-7-17(12-29-18)11-16-5-6-16)31-32(25(2,3)4)24(15)34-20-14-28-10-9-19(20)22(26)27;1-2-4-7-5-3-6-7;1-2/h7-10,12,14,16,22H,5-6,11,13H2,1-4H3,(H,30,33);4H,2-3,5-6H2,1H3;1H2. The molecule has 2 fully saturated rings. The van der Waals surface area contributed by atoms with Crippen molar-refractivity contribution in [2.24, 2.45) is 5.92 Å². The van der Waals surface area contributed by atoms with Crippen molar-refractivity contribution in [2.45, 2.75) is 98.1 Å². The number of ether oxygens (including phenoxy) is 1. The summed E-state index contributed by atoms with van der Waals surface area (Å²) < 4.78 is 34.3. The second kappa shape index (κ2) is 15.5. The maximum absolute atomic E-state index is 13.5. The molecule has 0 saturated heterocycles. The number of nitrogens with zero attached hydrogens (tertiary/aromatic N) is 4. The number of rotatable bonds is 9. The van der Waals surface area contributed by atoms with Crippen LogP contribution in [0.5, 0.6) is 11.6 Å². The fourth-order valence-corrected chi connectivity index (χ4v) is 4.50. The van der Waals surface area contributed by atoms with Crippen molar-refractivity contribution in [3.8, 4) is 11.6 Å². The Morgan fingerprint density at radius 3 is 2.42 bits per heavy atom. The van der Waals surface area contributed by atoms with Crippen LogP contribution in [-0.2, 0) is 23.3 Å². The zero-order valence-electron chi connectivity index (χ0n) is 25.8. The number of halogens is 2. The van der Waals surface area contributed by atoms with Gasteiger partial charge >= 0.3 is 0 Å². The molecule has 3 heterocycles. The van der Waals surface area contributed by atoms with E-state index in [-0.39, 0.29) is 29.4 Å². The highest BCUT2D eigenvalue weighted by atomic mass is 19.3. The summed E-state index contributed by atoms with van der Waals surface area (Å²) in [6.45, 7) is 11.8.